The van der Waals surface area contributed by atoms with Gasteiger partial charge in [0, 0.05) is 18.6 Å². The van der Waals surface area contributed by atoms with E-state index in [1.54, 1.807) is 4.31 Å². The van der Waals surface area contributed by atoms with Gasteiger partial charge in [0.15, 0.2) is 0 Å². The Morgan fingerprint density at radius 3 is 2.28 bits per heavy atom. The Kier molecular flexibility index (Phi) is 4.67. The molecule has 0 amide bonds. The Balaban J connectivity index is 2.15. The van der Waals surface area contributed by atoms with Crippen LogP contribution in [0.5, 0.6) is 0 Å². The second kappa shape index (κ2) is 5.88. The minimum absolute atomic E-state index is 0.0191. The summed E-state index contributed by atoms with van der Waals surface area (Å²) in [5.41, 5.74) is 5.98. The zero-order valence-corrected chi connectivity index (χ0v) is 12.2. The fourth-order valence-corrected chi connectivity index (χ4v) is 5.70. The summed E-state index contributed by atoms with van der Waals surface area (Å²) in [6.45, 7) is 2.60. The van der Waals surface area contributed by atoms with E-state index in [0.717, 1.165) is 44.9 Å². The van der Waals surface area contributed by atoms with Gasteiger partial charge in [0.05, 0.1) is 5.25 Å². The van der Waals surface area contributed by atoms with Crippen molar-refractivity contribution in [3.8, 4) is 0 Å². The first-order valence-electron chi connectivity index (χ1n) is 7.29. The molecule has 2 fully saturated rings. The van der Waals surface area contributed by atoms with Gasteiger partial charge in [-0.25, -0.2) is 8.42 Å². The number of hydrogen-bond acceptors (Lipinski definition) is 3. The fourth-order valence-electron chi connectivity index (χ4n) is 3.33. The minimum Gasteiger partial charge on any atom is -0.326 e. The molecular weight excluding hydrogens is 248 g/mol. The minimum atomic E-state index is -3.13. The summed E-state index contributed by atoms with van der Waals surface area (Å²) in [4.78, 5) is 0. The lowest BCUT2D eigenvalue weighted by Gasteiger charge is -2.39. The molecule has 106 valence electrons. The van der Waals surface area contributed by atoms with Crippen LogP contribution in [0.15, 0.2) is 0 Å². The van der Waals surface area contributed by atoms with E-state index in [2.05, 4.69) is 0 Å². The van der Waals surface area contributed by atoms with Gasteiger partial charge in [0.1, 0.15) is 0 Å². The molecule has 2 aliphatic rings. The summed E-state index contributed by atoms with van der Waals surface area (Å²) in [6, 6.07) is -0.0469. The average molecular weight is 274 g/mol. The van der Waals surface area contributed by atoms with Crippen LogP contribution in [0.2, 0.25) is 0 Å². The van der Waals surface area contributed by atoms with Crippen LogP contribution < -0.4 is 5.73 Å². The topological polar surface area (TPSA) is 63.4 Å². The highest BCUT2D eigenvalue weighted by Gasteiger charge is 2.39. The van der Waals surface area contributed by atoms with Gasteiger partial charge in [-0.15, -0.1) is 0 Å². The van der Waals surface area contributed by atoms with Crippen LogP contribution in [0.25, 0.3) is 0 Å². The van der Waals surface area contributed by atoms with E-state index in [1.165, 1.54) is 6.42 Å². The molecule has 5 heteroatoms. The van der Waals surface area contributed by atoms with Crippen LogP contribution in [0, 0.1) is 0 Å². The molecule has 1 saturated heterocycles. The molecule has 1 heterocycles. The summed E-state index contributed by atoms with van der Waals surface area (Å²) in [5.74, 6) is 0. The maximum atomic E-state index is 12.7. The van der Waals surface area contributed by atoms with Crippen molar-refractivity contribution in [2.45, 2.75) is 75.6 Å². The Morgan fingerprint density at radius 2 is 1.67 bits per heavy atom. The SMILES string of the molecule is CC(N)C1CCCCN1S(=O)(=O)C1CCCCC1. The molecule has 0 aromatic heterocycles. The number of rotatable bonds is 3. The summed E-state index contributed by atoms with van der Waals surface area (Å²) >= 11 is 0. The van der Waals surface area contributed by atoms with Gasteiger partial charge in [-0.05, 0) is 32.6 Å². The van der Waals surface area contributed by atoms with E-state index >= 15 is 0 Å². The molecule has 2 rings (SSSR count). The van der Waals surface area contributed by atoms with Crippen molar-refractivity contribution in [1.82, 2.24) is 4.31 Å². The molecule has 0 radical (unpaired) electrons. The first-order valence-corrected chi connectivity index (χ1v) is 8.80. The molecule has 0 aromatic carbocycles. The van der Waals surface area contributed by atoms with Crippen LogP contribution in [0.3, 0.4) is 0 Å². The highest BCUT2D eigenvalue weighted by atomic mass is 32.2. The van der Waals surface area contributed by atoms with Crippen molar-refractivity contribution in [2.24, 2.45) is 5.73 Å². The fraction of sp³-hybridized carbons (Fsp3) is 1.00. The predicted octanol–water partition coefficient (Wildman–Crippen LogP) is 1.85. The molecule has 0 spiro atoms. The van der Waals surface area contributed by atoms with Gasteiger partial charge >= 0.3 is 0 Å². The van der Waals surface area contributed by atoms with Crippen molar-refractivity contribution in [3.05, 3.63) is 0 Å². The number of piperidine rings is 1. The molecular formula is C13H26N2O2S. The smallest absolute Gasteiger partial charge is 0.217 e. The Hall–Kier alpha value is -0.130. The average Bonchev–Trinajstić information content (AvgIpc) is 2.39. The van der Waals surface area contributed by atoms with E-state index in [1.807, 2.05) is 6.92 Å². The van der Waals surface area contributed by atoms with E-state index in [4.69, 9.17) is 5.73 Å². The van der Waals surface area contributed by atoms with Gasteiger partial charge in [-0.2, -0.15) is 4.31 Å². The molecule has 2 atom stereocenters. The van der Waals surface area contributed by atoms with Crippen LogP contribution in [0.1, 0.15) is 58.3 Å². The molecule has 18 heavy (non-hydrogen) atoms. The van der Waals surface area contributed by atoms with E-state index in [0.29, 0.717) is 6.54 Å². The summed E-state index contributed by atoms with van der Waals surface area (Å²) < 4.78 is 27.2. The number of sulfonamides is 1. The third-order valence-corrected chi connectivity index (χ3v) is 6.83. The van der Waals surface area contributed by atoms with Crippen molar-refractivity contribution in [3.63, 3.8) is 0 Å². The van der Waals surface area contributed by atoms with E-state index < -0.39 is 10.0 Å². The molecule has 1 aliphatic heterocycles. The molecule has 0 aromatic rings. The summed E-state index contributed by atoms with van der Waals surface area (Å²) in [6.07, 6.45) is 7.97. The van der Waals surface area contributed by atoms with Gasteiger partial charge < -0.3 is 5.73 Å². The molecule has 1 aliphatic carbocycles. The Labute approximate surface area is 111 Å². The highest BCUT2D eigenvalue weighted by Crippen LogP contribution is 2.30. The predicted molar refractivity (Wildman–Crippen MR) is 73.8 cm³/mol. The zero-order valence-electron chi connectivity index (χ0n) is 11.3. The Morgan fingerprint density at radius 1 is 1.06 bits per heavy atom. The number of hydrogen-bond donors (Lipinski definition) is 1. The number of nitrogens with zero attached hydrogens (tertiary/aromatic N) is 1. The van der Waals surface area contributed by atoms with Crippen LogP contribution in [0.4, 0.5) is 0 Å². The van der Waals surface area contributed by atoms with E-state index in [9.17, 15) is 8.42 Å². The molecule has 4 nitrogen and oxygen atoms in total. The molecule has 1 saturated carbocycles. The third kappa shape index (κ3) is 2.89. The maximum Gasteiger partial charge on any atom is 0.217 e. The summed E-state index contributed by atoms with van der Waals surface area (Å²) in [7, 11) is -3.13. The van der Waals surface area contributed by atoms with Gasteiger partial charge in [-0.1, -0.05) is 25.7 Å². The van der Waals surface area contributed by atoms with Crippen molar-refractivity contribution in [1.29, 1.82) is 0 Å². The molecule has 2 N–H and O–H groups in total. The first-order chi connectivity index (χ1) is 8.53. The summed E-state index contributed by atoms with van der Waals surface area (Å²) in [5, 5.41) is -0.148. The van der Waals surface area contributed by atoms with Gasteiger partial charge in [-0.3, -0.25) is 0 Å². The number of nitrogens with two attached hydrogens (primary N) is 1. The largest absolute Gasteiger partial charge is 0.326 e. The lowest BCUT2D eigenvalue weighted by Crippen LogP contribution is -2.54. The normalized spacial score (nSPS) is 30.2. The third-order valence-electron chi connectivity index (χ3n) is 4.41. The molecule has 2 unspecified atom stereocenters. The quantitative estimate of drug-likeness (QED) is 0.854. The lowest BCUT2D eigenvalue weighted by atomic mass is 10.00. The molecule has 0 bridgehead atoms. The lowest BCUT2D eigenvalue weighted by molar-refractivity contribution is 0.223. The van der Waals surface area contributed by atoms with Crippen LogP contribution in [-0.2, 0) is 10.0 Å². The van der Waals surface area contributed by atoms with Gasteiger partial charge in [0.25, 0.3) is 0 Å². The standard InChI is InChI=1S/C13H26N2O2S/c1-11(14)13-9-5-6-10-15(13)18(16,17)12-7-3-2-4-8-12/h11-13H,2-10,14H2,1H3. The van der Waals surface area contributed by atoms with Crippen LogP contribution in [-0.4, -0.2) is 36.6 Å². The zero-order chi connectivity index (χ0) is 13.2. The highest BCUT2D eigenvalue weighted by molar-refractivity contribution is 7.89. The van der Waals surface area contributed by atoms with E-state index in [-0.39, 0.29) is 17.3 Å². The van der Waals surface area contributed by atoms with Crippen molar-refractivity contribution < 1.29 is 8.42 Å². The maximum absolute atomic E-state index is 12.7. The van der Waals surface area contributed by atoms with Gasteiger partial charge in [0.2, 0.25) is 10.0 Å². The second-order valence-corrected chi connectivity index (χ2v) is 8.00. The van der Waals surface area contributed by atoms with Crippen molar-refractivity contribution >= 4 is 10.0 Å². The first kappa shape index (κ1) is 14.3. The monoisotopic (exact) mass is 274 g/mol. The second-order valence-electron chi connectivity index (χ2n) is 5.84. The van der Waals surface area contributed by atoms with Crippen LogP contribution >= 0.6 is 0 Å². The Bertz CT molecular complexity index is 361. The van der Waals surface area contributed by atoms with Crippen molar-refractivity contribution in [2.75, 3.05) is 6.54 Å².